The molecule has 21 heavy (non-hydrogen) atoms. The zero-order valence-electron chi connectivity index (χ0n) is 11.5. The molecule has 110 valence electrons. The van der Waals surface area contributed by atoms with Gasteiger partial charge in [-0.05, 0) is 48.2 Å². The lowest BCUT2D eigenvalue weighted by Crippen LogP contribution is -2.34. The van der Waals surface area contributed by atoms with Crippen LogP contribution in [0.15, 0.2) is 42.5 Å². The van der Waals surface area contributed by atoms with Crippen LogP contribution in [-0.4, -0.2) is 13.1 Å². The van der Waals surface area contributed by atoms with Gasteiger partial charge in [-0.3, -0.25) is 0 Å². The Morgan fingerprint density at radius 2 is 1.81 bits per heavy atom. The second-order valence-corrected chi connectivity index (χ2v) is 6.22. The number of rotatable bonds is 2. The summed E-state index contributed by atoms with van der Waals surface area (Å²) in [6.07, 6.45) is 0.984. The molecule has 2 aromatic rings. The average molecular weight is 324 g/mol. The molecule has 0 spiro atoms. The third-order valence-electron chi connectivity index (χ3n) is 4.16. The van der Waals surface area contributed by atoms with Gasteiger partial charge in [-0.15, -0.1) is 0 Å². The summed E-state index contributed by atoms with van der Waals surface area (Å²) >= 11 is 12.3. The van der Waals surface area contributed by atoms with E-state index in [1.54, 1.807) is 6.07 Å². The third-order valence-corrected chi connectivity index (χ3v) is 4.79. The summed E-state index contributed by atoms with van der Waals surface area (Å²) in [5.74, 6) is 0.196. The van der Waals surface area contributed by atoms with Crippen LogP contribution in [0.2, 0.25) is 10.0 Å². The Balaban J connectivity index is 1.98. The highest BCUT2D eigenvalue weighted by molar-refractivity contribution is 6.31. The SMILES string of the molecule is Fc1ccc(C2CCNCC2c2ccccc2Cl)cc1Cl. The minimum Gasteiger partial charge on any atom is -0.316 e. The number of halogens is 3. The minimum absolute atomic E-state index is 0.184. The maximum Gasteiger partial charge on any atom is 0.141 e. The summed E-state index contributed by atoms with van der Waals surface area (Å²) in [4.78, 5) is 0. The van der Waals surface area contributed by atoms with Crippen LogP contribution in [-0.2, 0) is 0 Å². The lowest BCUT2D eigenvalue weighted by molar-refractivity contribution is 0.404. The summed E-state index contributed by atoms with van der Waals surface area (Å²) in [6, 6.07) is 13.0. The van der Waals surface area contributed by atoms with Crippen molar-refractivity contribution in [2.24, 2.45) is 0 Å². The fourth-order valence-corrected chi connectivity index (χ4v) is 3.57. The summed E-state index contributed by atoms with van der Waals surface area (Å²) < 4.78 is 13.4. The van der Waals surface area contributed by atoms with Gasteiger partial charge in [0.2, 0.25) is 0 Å². The second kappa shape index (κ2) is 6.35. The Kier molecular flexibility index (Phi) is 4.48. The monoisotopic (exact) mass is 323 g/mol. The van der Waals surface area contributed by atoms with E-state index < -0.39 is 0 Å². The molecule has 0 saturated carbocycles. The molecule has 0 bridgehead atoms. The van der Waals surface area contributed by atoms with Gasteiger partial charge in [0.15, 0.2) is 0 Å². The number of nitrogens with one attached hydrogen (secondary N) is 1. The molecule has 0 aromatic heterocycles. The van der Waals surface area contributed by atoms with Gasteiger partial charge in [-0.25, -0.2) is 4.39 Å². The fourth-order valence-electron chi connectivity index (χ4n) is 3.10. The lowest BCUT2D eigenvalue weighted by Gasteiger charge is -2.33. The second-order valence-electron chi connectivity index (χ2n) is 5.40. The molecule has 2 aromatic carbocycles. The zero-order chi connectivity index (χ0) is 14.8. The Morgan fingerprint density at radius 3 is 2.57 bits per heavy atom. The first-order valence-electron chi connectivity index (χ1n) is 7.07. The van der Waals surface area contributed by atoms with Crippen LogP contribution >= 0.6 is 23.2 Å². The molecule has 2 atom stereocenters. The zero-order valence-corrected chi connectivity index (χ0v) is 13.0. The first-order valence-corrected chi connectivity index (χ1v) is 7.82. The molecular formula is C17H16Cl2FN. The van der Waals surface area contributed by atoms with E-state index in [1.807, 2.05) is 24.3 Å². The maximum atomic E-state index is 13.4. The Bertz CT molecular complexity index is 644. The predicted octanol–water partition coefficient (Wildman–Crippen LogP) is 4.99. The van der Waals surface area contributed by atoms with E-state index in [-0.39, 0.29) is 16.8 Å². The van der Waals surface area contributed by atoms with Crippen molar-refractivity contribution >= 4 is 23.2 Å². The lowest BCUT2D eigenvalue weighted by atomic mass is 9.77. The minimum atomic E-state index is -0.372. The molecule has 0 amide bonds. The van der Waals surface area contributed by atoms with E-state index in [9.17, 15) is 4.39 Å². The van der Waals surface area contributed by atoms with Gasteiger partial charge in [0, 0.05) is 17.5 Å². The predicted molar refractivity (Wildman–Crippen MR) is 85.8 cm³/mol. The van der Waals surface area contributed by atoms with Crippen LogP contribution < -0.4 is 5.32 Å². The van der Waals surface area contributed by atoms with Crippen molar-refractivity contribution in [1.82, 2.24) is 5.32 Å². The van der Waals surface area contributed by atoms with Crippen molar-refractivity contribution in [3.05, 3.63) is 69.5 Å². The van der Waals surface area contributed by atoms with E-state index in [2.05, 4.69) is 11.4 Å². The van der Waals surface area contributed by atoms with Gasteiger partial charge in [0.05, 0.1) is 5.02 Å². The fraction of sp³-hybridized carbons (Fsp3) is 0.294. The van der Waals surface area contributed by atoms with Crippen LogP contribution in [0.1, 0.15) is 29.4 Å². The number of piperidine rings is 1. The van der Waals surface area contributed by atoms with Crippen LogP contribution in [0.25, 0.3) is 0 Å². The highest BCUT2D eigenvalue weighted by atomic mass is 35.5. The van der Waals surface area contributed by atoms with Crippen molar-refractivity contribution in [1.29, 1.82) is 0 Å². The van der Waals surface area contributed by atoms with Crippen molar-refractivity contribution in [2.75, 3.05) is 13.1 Å². The molecule has 1 nitrogen and oxygen atoms in total. The number of hydrogen-bond donors (Lipinski definition) is 1. The van der Waals surface area contributed by atoms with Gasteiger partial charge in [0.25, 0.3) is 0 Å². The smallest absolute Gasteiger partial charge is 0.141 e. The molecule has 1 aliphatic heterocycles. The Labute approximate surface area is 134 Å². The van der Waals surface area contributed by atoms with Gasteiger partial charge in [-0.2, -0.15) is 0 Å². The highest BCUT2D eigenvalue weighted by Gasteiger charge is 2.29. The molecule has 1 N–H and O–H groups in total. The normalized spacial score (nSPS) is 22.2. The van der Waals surface area contributed by atoms with Gasteiger partial charge in [0.1, 0.15) is 5.82 Å². The molecule has 0 aliphatic carbocycles. The maximum absolute atomic E-state index is 13.4. The van der Waals surface area contributed by atoms with Crippen molar-refractivity contribution in [3.63, 3.8) is 0 Å². The largest absolute Gasteiger partial charge is 0.316 e. The van der Waals surface area contributed by atoms with Gasteiger partial charge < -0.3 is 5.32 Å². The van der Waals surface area contributed by atoms with Crippen LogP contribution in [0, 0.1) is 5.82 Å². The molecule has 4 heteroatoms. The molecule has 3 rings (SSSR count). The van der Waals surface area contributed by atoms with Crippen LogP contribution in [0.4, 0.5) is 4.39 Å². The van der Waals surface area contributed by atoms with Crippen LogP contribution in [0.3, 0.4) is 0 Å². The summed E-state index contributed by atoms with van der Waals surface area (Å²) in [6.45, 7) is 1.81. The average Bonchev–Trinajstić information content (AvgIpc) is 2.51. The first kappa shape index (κ1) is 14.8. The summed E-state index contributed by atoms with van der Waals surface area (Å²) in [7, 11) is 0. The molecule has 2 unspecified atom stereocenters. The Morgan fingerprint density at radius 1 is 1.00 bits per heavy atom. The van der Waals surface area contributed by atoms with Gasteiger partial charge in [-0.1, -0.05) is 47.5 Å². The quantitative estimate of drug-likeness (QED) is 0.820. The topological polar surface area (TPSA) is 12.0 Å². The molecular weight excluding hydrogens is 308 g/mol. The van der Waals surface area contributed by atoms with E-state index in [1.165, 1.54) is 6.07 Å². The number of hydrogen-bond acceptors (Lipinski definition) is 1. The first-order chi connectivity index (χ1) is 10.2. The molecule has 1 saturated heterocycles. The van der Waals surface area contributed by atoms with Crippen molar-refractivity contribution in [3.8, 4) is 0 Å². The summed E-state index contributed by atoms with van der Waals surface area (Å²) in [5.41, 5.74) is 2.21. The highest BCUT2D eigenvalue weighted by Crippen LogP contribution is 2.40. The van der Waals surface area contributed by atoms with E-state index in [0.29, 0.717) is 5.92 Å². The van der Waals surface area contributed by atoms with Gasteiger partial charge >= 0.3 is 0 Å². The molecule has 0 radical (unpaired) electrons. The molecule has 1 aliphatic rings. The molecule has 1 fully saturated rings. The van der Waals surface area contributed by atoms with Crippen LogP contribution in [0.5, 0.6) is 0 Å². The summed E-state index contributed by atoms with van der Waals surface area (Å²) in [5, 5.41) is 4.39. The van der Waals surface area contributed by atoms with E-state index >= 15 is 0 Å². The van der Waals surface area contributed by atoms with E-state index in [0.717, 1.165) is 35.7 Å². The van der Waals surface area contributed by atoms with Crippen molar-refractivity contribution < 1.29 is 4.39 Å². The number of benzene rings is 2. The molecule has 1 heterocycles. The van der Waals surface area contributed by atoms with E-state index in [4.69, 9.17) is 23.2 Å². The van der Waals surface area contributed by atoms with Crippen molar-refractivity contribution in [2.45, 2.75) is 18.3 Å². The standard InChI is InChI=1S/C17H16Cl2FN/c18-15-4-2-1-3-13(15)14-10-21-8-7-12(14)11-5-6-17(20)16(19)9-11/h1-6,9,12,14,21H,7-8,10H2. The Hall–Kier alpha value is -1.09. The third kappa shape index (κ3) is 3.08.